The number of aliphatic hydroxyl groups is 1. The molecule has 19 heavy (non-hydrogen) atoms. The molecule has 102 valence electrons. The first-order valence-electron chi connectivity index (χ1n) is 6.20. The summed E-state index contributed by atoms with van der Waals surface area (Å²) in [6, 6.07) is 8.09. The molecule has 2 aromatic rings. The largest absolute Gasteiger partial charge is 0.406 e. The number of hydrogen-bond acceptors (Lipinski definition) is 6. The van der Waals surface area contributed by atoms with Crippen molar-refractivity contribution in [3.8, 4) is 0 Å². The summed E-state index contributed by atoms with van der Waals surface area (Å²) in [6.45, 7) is 4.69. The van der Waals surface area contributed by atoms with E-state index < -0.39 is 0 Å². The van der Waals surface area contributed by atoms with E-state index in [1.807, 2.05) is 24.3 Å². The number of nitrogens with one attached hydrogen (secondary N) is 2. The summed E-state index contributed by atoms with van der Waals surface area (Å²) in [5, 5.41) is 23.0. The van der Waals surface area contributed by atoms with Crippen molar-refractivity contribution in [3.05, 3.63) is 35.7 Å². The van der Waals surface area contributed by atoms with Crippen LogP contribution in [0.2, 0.25) is 0 Å². The normalized spacial score (nSPS) is 10.9. The third-order valence-electron chi connectivity index (χ3n) is 2.52. The van der Waals surface area contributed by atoms with Gasteiger partial charge in [0.1, 0.15) is 0 Å². The summed E-state index contributed by atoms with van der Waals surface area (Å²) in [7, 11) is 0. The fourth-order valence-corrected chi connectivity index (χ4v) is 1.48. The van der Waals surface area contributed by atoms with E-state index in [0.717, 1.165) is 11.3 Å². The zero-order valence-corrected chi connectivity index (χ0v) is 11.1. The van der Waals surface area contributed by atoms with Crippen LogP contribution in [0.4, 0.5) is 11.7 Å². The quantitative estimate of drug-likeness (QED) is 0.736. The predicted octanol–water partition coefficient (Wildman–Crippen LogP) is 1.80. The summed E-state index contributed by atoms with van der Waals surface area (Å²) >= 11 is 0. The Balaban J connectivity index is 1.95. The summed E-state index contributed by atoms with van der Waals surface area (Å²) in [5.41, 5.74) is 1.70. The van der Waals surface area contributed by atoms with Gasteiger partial charge in [-0.1, -0.05) is 31.1 Å². The molecule has 0 aliphatic heterocycles. The van der Waals surface area contributed by atoms with Crippen molar-refractivity contribution in [1.82, 2.24) is 15.5 Å². The lowest BCUT2D eigenvalue weighted by Gasteiger charge is -2.04. The Morgan fingerprint density at radius 3 is 2.58 bits per heavy atom. The fourth-order valence-electron chi connectivity index (χ4n) is 1.48. The molecule has 6 nitrogen and oxygen atoms in total. The molecule has 0 atom stereocenters. The Hall–Kier alpha value is -1.92. The van der Waals surface area contributed by atoms with Crippen molar-refractivity contribution in [2.75, 3.05) is 5.32 Å². The van der Waals surface area contributed by atoms with Gasteiger partial charge in [0.05, 0.1) is 13.2 Å². The van der Waals surface area contributed by atoms with Crippen molar-refractivity contribution >= 4 is 11.7 Å². The molecule has 0 saturated heterocycles. The maximum Gasteiger partial charge on any atom is 0.320 e. The highest BCUT2D eigenvalue weighted by atomic mass is 16.4. The van der Waals surface area contributed by atoms with Crippen LogP contribution in [0, 0.1) is 0 Å². The van der Waals surface area contributed by atoms with E-state index in [2.05, 4.69) is 34.7 Å². The van der Waals surface area contributed by atoms with E-state index in [-0.39, 0.29) is 6.61 Å². The van der Waals surface area contributed by atoms with Crippen LogP contribution >= 0.6 is 0 Å². The molecule has 0 amide bonds. The number of nitrogens with zero attached hydrogens (tertiary/aromatic N) is 2. The van der Waals surface area contributed by atoms with Gasteiger partial charge in [0.25, 0.3) is 0 Å². The van der Waals surface area contributed by atoms with Crippen molar-refractivity contribution in [2.24, 2.45) is 0 Å². The number of rotatable bonds is 6. The monoisotopic (exact) mass is 262 g/mol. The molecular weight excluding hydrogens is 244 g/mol. The lowest BCUT2D eigenvalue weighted by Crippen LogP contribution is -2.21. The smallest absolute Gasteiger partial charge is 0.320 e. The first-order valence-corrected chi connectivity index (χ1v) is 6.20. The topological polar surface area (TPSA) is 83.2 Å². The molecule has 0 bridgehead atoms. The van der Waals surface area contributed by atoms with Gasteiger partial charge >= 0.3 is 6.01 Å². The first kappa shape index (κ1) is 13.5. The standard InChI is InChI=1S/C13H18N4O2/c1-9(2)14-7-12-16-17-13(19-12)15-11-5-3-10(8-18)4-6-11/h3-6,9,14,18H,7-8H2,1-2H3,(H,15,17). The maximum absolute atomic E-state index is 8.96. The molecule has 0 aliphatic carbocycles. The van der Waals surface area contributed by atoms with Crippen molar-refractivity contribution in [3.63, 3.8) is 0 Å². The molecule has 1 aromatic carbocycles. The predicted molar refractivity (Wildman–Crippen MR) is 71.9 cm³/mol. The van der Waals surface area contributed by atoms with E-state index in [1.54, 1.807) is 0 Å². The molecule has 6 heteroatoms. The summed E-state index contributed by atoms with van der Waals surface area (Å²) in [4.78, 5) is 0. The van der Waals surface area contributed by atoms with Gasteiger partial charge < -0.3 is 20.2 Å². The summed E-state index contributed by atoms with van der Waals surface area (Å²) in [5.74, 6) is 0.545. The Bertz CT molecular complexity index is 508. The molecule has 3 N–H and O–H groups in total. The molecule has 0 unspecified atom stereocenters. The van der Waals surface area contributed by atoms with Gasteiger partial charge in [-0.25, -0.2) is 0 Å². The van der Waals surface area contributed by atoms with Crippen LogP contribution in [-0.2, 0) is 13.2 Å². The third kappa shape index (κ3) is 4.04. The van der Waals surface area contributed by atoms with Crippen LogP contribution in [0.25, 0.3) is 0 Å². The van der Waals surface area contributed by atoms with Crippen molar-refractivity contribution < 1.29 is 9.52 Å². The van der Waals surface area contributed by atoms with Crippen LogP contribution < -0.4 is 10.6 Å². The summed E-state index contributed by atoms with van der Waals surface area (Å²) < 4.78 is 5.45. The second kappa shape index (κ2) is 6.31. The van der Waals surface area contributed by atoms with E-state index in [4.69, 9.17) is 9.52 Å². The lowest BCUT2D eigenvalue weighted by atomic mass is 10.2. The molecule has 0 radical (unpaired) electrons. The van der Waals surface area contributed by atoms with E-state index in [0.29, 0.717) is 24.5 Å². The van der Waals surface area contributed by atoms with Gasteiger partial charge in [0.15, 0.2) is 0 Å². The van der Waals surface area contributed by atoms with E-state index in [1.165, 1.54) is 0 Å². The molecular formula is C13H18N4O2. The van der Waals surface area contributed by atoms with Crippen LogP contribution in [0.5, 0.6) is 0 Å². The Morgan fingerprint density at radius 2 is 1.95 bits per heavy atom. The lowest BCUT2D eigenvalue weighted by molar-refractivity contribution is 0.282. The van der Waals surface area contributed by atoms with Crippen LogP contribution in [0.1, 0.15) is 25.3 Å². The molecule has 0 fully saturated rings. The highest BCUT2D eigenvalue weighted by Crippen LogP contribution is 2.16. The zero-order chi connectivity index (χ0) is 13.7. The van der Waals surface area contributed by atoms with Gasteiger partial charge in [0, 0.05) is 11.7 Å². The van der Waals surface area contributed by atoms with E-state index >= 15 is 0 Å². The minimum absolute atomic E-state index is 0.0336. The number of benzene rings is 1. The molecule has 0 aliphatic rings. The third-order valence-corrected chi connectivity index (χ3v) is 2.52. The average Bonchev–Trinajstić information content (AvgIpc) is 2.85. The highest BCUT2D eigenvalue weighted by molar-refractivity contribution is 5.52. The Morgan fingerprint density at radius 1 is 1.21 bits per heavy atom. The molecule has 1 heterocycles. The van der Waals surface area contributed by atoms with E-state index in [9.17, 15) is 0 Å². The molecule has 2 rings (SSSR count). The van der Waals surface area contributed by atoms with Crippen LogP contribution in [0.3, 0.4) is 0 Å². The number of aromatic nitrogens is 2. The second-order valence-electron chi connectivity index (χ2n) is 4.52. The van der Waals surface area contributed by atoms with Gasteiger partial charge in [-0.2, -0.15) is 0 Å². The van der Waals surface area contributed by atoms with Crippen LogP contribution in [0.15, 0.2) is 28.7 Å². The molecule has 1 aromatic heterocycles. The average molecular weight is 262 g/mol. The minimum Gasteiger partial charge on any atom is -0.406 e. The number of aliphatic hydroxyl groups excluding tert-OH is 1. The Kier molecular flexibility index (Phi) is 4.48. The fraction of sp³-hybridized carbons (Fsp3) is 0.385. The van der Waals surface area contributed by atoms with Crippen molar-refractivity contribution in [2.45, 2.75) is 33.0 Å². The van der Waals surface area contributed by atoms with Gasteiger partial charge in [0.2, 0.25) is 5.89 Å². The van der Waals surface area contributed by atoms with Crippen LogP contribution in [-0.4, -0.2) is 21.3 Å². The summed E-state index contributed by atoms with van der Waals surface area (Å²) in [6.07, 6.45) is 0. The van der Waals surface area contributed by atoms with Gasteiger partial charge in [-0.05, 0) is 17.7 Å². The second-order valence-corrected chi connectivity index (χ2v) is 4.52. The number of anilines is 2. The number of hydrogen-bond donors (Lipinski definition) is 3. The molecule has 0 saturated carbocycles. The minimum atomic E-state index is 0.0336. The first-order chi connectivity index (χ1) is 9.17. The van der Waals surface area contributed by atoms with Crippen molar-refractivity contribution in [1.29, 1.82) is 0 Å². The maximum atomic E-state index is 8.96. The highest BCUT2D eigenvalue weighted by Gasteiger charge is 2.06. The SMILES string of the molecule is CC(C)NCc1nnc(Nc2ccc(CO)cc2)o1. The Labute approximate surface area is 111 Å². The van der Waals surface area contributed by atoms with Gasteiger partial charge in [-0.3, -0.25) is 0 Å². The van der Waals surface area contributed by atoms with Gasteiger partial charge in [-0.15, -0.1) is 5.10 Å². The molecule has 0 spiro atoms. The zero-order valence-electron chi connectivity index (χ0n) is 11.1.